The summed E-state index contributed by atoms with van der Waals surface area (Å²) in [4.78, 5) is 18.9. The molecule has 1 unspecified atom stereocenters. The van der Waals surface area contributed by atoms with Crippen LogP contribution >= 0.6 is 0 Å². The number of nitrogens with one attached hydrogen (secondary N) is 2. The van der Waals surface area contributed by atoms with Crippen molar-refractivity contribution in [2.75, 3.05) is 26.7 Å². The van der Waals surface area contributed by atoms with Crippen LogP contribution in [0.25, 0.3) is 0 Å². The zero-order valence-corrected chi connectivity index (χ0v) is 17.9. The second kappa shape index (κ2) is 12.2. The van der Waals surface area contributed by atoms with Crippen LogP contribution in [0.3, 0.4) is 0 Å². The Kier molecular flexibility index (Phi) is 9.63. The van der Waals surface area contributed by atoms with Crippen molar-refractivity contribution >= 4 is 11.9 Å². The van der Waals surface area contributed by atoms with Crippen LogP contribution in [0.5, 0.6) is 11.5 Å². The standard InChI is InChI=1S/C21H32F2N4O3/c1-4-24-21(25-11-10-19(28)27-12-6-5-7-15(27)2)26-14-16-13-17(29-3)8-9-18(16)30-20(22)23/h8-9,13,15,20H,4-7,10-12,14H2,1-3H3,(H2,24,25,26). The number of ether oxygens (including phenoxy) is 2. The van der Waals surface area contributed by atoms with Gasteiger partial charge in [0.2, 0.25) is 5.91 Å². The smallest absolute Gasteiger partial charge is 0.387 e. The van der Waals surface area contributed by atoms with Crippen LogP contribution in [-0.2, 0) is 11.3 Å². The summed E-state index contributed by atoms with van der Waals surface area (Å²) in [5.74, 6) is 1.22. The second-order valence-corrected chi connectivity index (χ2v) is 7.16. The largest absolute Gasteiger partial charge is 0.497 e. The minimum atomic E-state index is -2.92. The summed E-state index contributed by atoms with van der Waals surface area (Å²) in [6, 6.07) is 4.90. The number of amides is 1. The molecule has 0 radical (unpaired) electrons. The molecular weight excluding hydrogens is 394 g/mol. The molecule has 1 aliphatic heterocycles. The molecule has 1 atom stereocenters. The van der Waals surface area contributed by atoms with Gasteiger partial charge in [-0.05, 0) is 51.3 Å². The van der Waals surface area contributed by atoms with E-state index in [0.717, 1.165) is 19.4 Å². The molecule has 0 bridgehead atoms. The molecule has 1 aromatic rings. The number of methoxy groups -OCH3 is 1. The third-order valence-electron chi connectivity index (χ3n) is 4.99. The highest BCUT2D eigenvalue weighted by atomic mass is 19.3. The van der Waals surface area contributed by atoms with Crippen molar-refractivity contribution in [1.82, 2.24) is 15.5 Å². The molecule has 0 spiro atoms. The van der Waals surface area contributed by atoms with E-state index in [1.165, 1.54) is 19.6 Å². The number of guanidine groups is 1. The van der Waals surface area contributed by atoms with Crippen LogP contribution in [0.1, 0.15) is 45.1 Å². The molecule has 1 fully saturated rings. The van der Waals surface area contributed by atoms with E-state index in [-0.39, 0.29) is 24.2 Å². The lowest BCUT2D eigenvalue weighted by Crippen LogP contribution is -2.44. The van der Waals surface area contributed by atoms with Crippen molar-refractivity contribution in [3.63, 3.8) is 0 Å². The molecule has 1 amide bonds. The first kappa shape index (κ1) is 23.7. The maximum atomic E-state index is 12.7. The first-order valence-electron chi connectivity index (χ1n) is 10.4. The van der Waals surface area contributed by atoms with Crippen LogP contribution in [0.15, 0.2) is 23.2 Å². The van der Waals surface area contributed by atoms with Crippen LogP contribution in [-0.4, -0.2) is 56.2 Å². The van der Waals surface area contributed by atoms with Gasteiger partial charge in [-0.15, -0.1) is 0 Å². The van der Waals surface area contributed by atoms with E-state index in [2.05, 4.69) is 27.3 Å². The van der Waals surface area contributed by atoms with E-state index >= 15 is 0 Å². The molecule has 2 rings (SSSR count). The molecule has 1 saturated heterocycles. The van der Waals surface area contributed by atoms with Crippen LogP contribution < -0.4 is 20.1 Å². The Morgan fingerprint density at radius 1 is 1.33 bits per heavy atom. The number of likely N-dealkylation sites (tertiary alicyclic amines) is 1. The van der Waals surface area contributed by atoms with Gasteiger partial charge >= 0.3 is 6.61 Å². The normalized spacial score (nSPS) is 17.1. The molecule has 0 saturated carbocycles. The molecule has 30 heavy (non-hydrogen) atoms. The summed E-state index contributed by atoms with van der Waals surface area (Å²) in [5, 5.41) is 6.23. The van der Waals surface area contributed by atoms with Gasteiger partial charge in [-0.1, -0.05) is 0 Å². The highest BCUT2D eigenvalue weighted by Gasteiger charge is 2.22. The summed E-state index contributed by atoms with van der Waals surface area (Å²) in [6.07, 6.45) is 3.64. The molecular formula is C21H32F2N4O3. The summed E-state index contributed by atoms with van der Waals surface area (Å²) >= 11 is 0. The average Bonchev–Trinajstić information content (AvgIpc) is 2.72. The predicted molar refractivity (Wildman–Crippen MR) is 112 cm³/mol. The molecule has 1 heterocycles. The molecule has 0 aliphatic carbocycles. The third-order valence-corrected chi connectivity index (χ3v) is 4.99. The lowest BCUT2D eigenvalue weighted by Gasteiger charge is -2.33. The van der Waals surface area contributed by atoms with Gasteiger partial charge in [0.25, 0.3) is 0 Å². The summed E-state index contributed by atoms with van der Waals surface area (Å²) in [7, 11) is 1.50. The van der Waals surface area contributed by atoms with E-state index in [1.807, 2.05) is 11.8 Å². The van der Waals surface area contributed by atoms with Crippen molar-refractivity contribution in [1.29, 1.82) is 0 Å². The van der Waals surface area contributed by atoms with Crippen LogP contribution in [0.4, 0.5) is 8.78 Å². The topological polar surface area (TPSA) is 75.2 Å². The molecule has 9 heteroatoms. The molecule has 2 N–H and O–H groups in total. The first-order valence-corrected chi connectivity index (χ1v) is 10.4. The first-order chi connectivity index (χ1) is 14.4. The Morgan fingerprint density at radius 3 is 2.80 bits per heavy atom. The maximum Gasteiger partial charge on any atom is 0.387 e. The van der Waals surface area contributed by atoms with E-state index in [1.54, 1.807) is 12.1 Å². The monoisotopic (exact) mass is 426 g/mol. The lowest BCUT2D eigenvalue weighted by atomic mass is 10.0. The molecule has 7 nitrogen and oxygen atoms in total. The average molecular weight is 427 g/mol. The number of hydrogen-bond donors (Lipinski definition) is 2. The number of halogens is 2. The summed E-state index contributed by atoms with van der Waals surface area (Å²) in [6.45, 7) is 3.09. The number of alkyl halides is 2. The Balaban J connectivity index is 1.97. The SMILES string of the molecule is CCNC(=NCc1cc(OC)ccc1OC(F)F)NCCC(=O)N1CCCCC1C. The number of aliphatic imine (C=N–C) groups is 1. The Hall–Kier alpha value is -2.58. The minimum Gasteiger partial charge on any atom is -0.497 e. The van der Waals surface area contributed by atoms with Crippen molar-refractivity contribution in [3.05, 3.63) is 23.8 Å². The van der Waals surface area contributed by atoms with E-state index in [9.17, 15) is 13.6 Å². The minimum absolute atomic E-state index is 0.0552. The van der Waals surface area contributed by atoms with E-state index in [4.69, 9.17) is 4.74 Å². The second-order valence-electron chi connectivity index (χ2n) is 7.16. The van der Waals surface area contributed by atoms with Gasteiger partial charge in [-0.25, -0.2) is 4.99 Å². The number of nitrogens with zero attached hydrogens (tertiary/aromatic N) is 2. The van der Waals surface area contributed by atoms with Gasteiger partial charge in [0.1, 0.15) is 11.5 Å². The third kappa shape index (κ3) is 7.35. The molecule has 1 aliphatic rings. The number of carbonyl (C=O) groups excluding carboxylic acids is 1. The molecule has 0 aromatic heterocycles. The Morgan fingerprint density at radius 2 is 2.13 bits per heavy atom. The number of piperidine rings is 1. The fourth-order valence-corrected chi connectivity index (χ4v) is 3.42. The molecule has 1 aromatic carbocycles. The van der Waals surface area contributed by atoms with Crippen LogP contribution in [0, 0.1) is 0 Å². The molecule has 168 valence electrons. The van der Waals surface area contributed by atoms with E-state index < -0.39 is 6.61 Å². The van der Waals surface area contributed by atoms with Crippen LogP contribution in [0.2, 0.25) is 0 Å². The quantitative estimate of drug-likeness (QED) is 0.469. The number of benzene rings is 1. The van der Waals surface area contributed by atoms with Gasteiger partial charge in [0.15, 0.2) is 5.96 Å². The summed E-state index contributed by atoms with van der Waals surface area (Å²) < 4.78 is 35.1. The maximum absolute atomic E-state index is 12.7. The fraction of sp³-hybridized carbons (Fsp3) is 0.619. The van der Waals surface area contributed by atoms with Gasteiger partial charge in [0, 0.05) is 37.7 Å². The number of hydrogen-bond acceptors (Lipinski definition) is 4. The van der Waals surface area contributed by atoms with Crippen molar-refractivity contribution in [2.45, 2.75) is 58.7 Å². The van der Waals surface area contributed by atoms with Gasteiger partial charge < -0.3 is 25.0 Å². The lowest BCUT2D eigenvalue weighted by molar-refractivity contribution is -0.134. The fourth-order valence-electron chi connectivity index (χ4n) is 3.42. The Labute approximate surface area is 176 Å². The van der Waals surface area contributed by atoms with Gasteiger partial charge in [0.05, 0.1) is 13.7 Å². The number of carbonyl (C=O) groups is 1. The highest BCUT2D eigenvalue weighted by molar-refractivity contribution is 5.81. The summed E-state index contributed by atoms with van der Waals surface area (Å²) in [5.41, 5.74) is 0.477. The Bertz CT molecular complexity index is 715. The van der Waals surface area contributed by atoms with Crippen molar-refractivity contribution < 1.29 is 23.0 Å². The van der Waals surface area contributed by atoms with E-state index in [0.29, 0.717) is 36.8 Å². The predicted octanol–water partition coefficient (Wildman–Crippen LogP) is 3.14. The highest BCUT2D eigenvalue weighted by Crippen LogP contribution is 2.26. The zero-order chi connectivity index (χ0) is 21.9. The van der Waals surface area contributed by atoms with Gasteiger partial charge in [-0.3, -0.25) is 4.79 Å². The van der Waals surface area contributed by atoms with Gasteiger partial charge in [-0.2, -0.15) is 8.78 Å². The van der Waals surface area contributed by atoms with Crippen molar-refractivity contribution in [3.8, 4) is 11.5 Å². The zero-order valence-electron chi connectivity index (χ0n) is 17.9. The number of rotatable bonds is 9. The van der Waals surface area contributed by atoms with Crippen molar-refractivity contribution in [2.24, 2.45) is 4.99 Å².